The van der Waals surface area contributed by atoms with Crippen LogP contribution in [0.4, 0.5) is 0 Å². The maximum atomic E-state index is 10.2. The molecular weight excluding hydrogens is 238 g/mol. The molecule has 0 spiro atoms. The van der Waals surface area contributed by atoms with E-state index >= 15 is 0 Å². The van der Waals surface area contributed by atoms with Crippen LogP contribution in [0.15, 0.2) is 10.3 Å². The van der Waals surface area contributed by atoms with Crippen LogP contribution in [0.1, 0.15) is 0 Å². The molecule has 0 rings (SSSR count). The van der Waals surface area contributed by atoms with Gasteiger partial charge in [0.15, 0.2) is 0 Å². The predicted octanol–water partition coefficient (Wildman–Crippen LogP) is -4.13. The van der Waals surface area contributed by atoms with Crippen LogP contribution >= 0.6 is 0 Å². The fourth-order valence-electron chi connectivity index (χ4n) is 0.195. The zero-order valence-corrected chi connectivity index (χ0v) is 7.26. The van der Waals surface area contributed by atoms with Crippen LogP contribution < -0.4 is 0 Å². The van der Waals surface area contributed by atoms with E-state index in [-0.39, 0.29) is 18.9 Å². The number of nitrogens with zero attached hydrogens (tertiary/aromatic N) is 2. The standard InChI is InChI=1S/C4N2O6.BH3O3.Li.H/c7-1-5-11-3(9)4(10)12-6-2-8;2-1(3)4;;/h;2-4H;;. The van der Waals surface area contributed by atoms with Crippen molar-refractivity contribution in [3.63, 3.8) is 0 Å². The first-order chi connectivity index (χ1) is 7.45. The summed E-state index contributed by atoms with van der Waals surface area (Å²) in [4.78, 5) is 46.3. The fraction of sp³-hybridized carbons (Fsp3) is 0. The number of rotatable bonds is 2. The molecule has 0 unspecified atom stereocenters. The van der Waals surface area contributed by atoms with Crippen molar-refractivity contribution in [1.29, 1.82) is 0 Å². The van der Waals surface area contributed by atoms with Crippen LogP contribution in [0.2, 0.25) is 0 Å². The van der Waals surface area contributed by atoms with Crippen molar-refractivity contribution in [2.75, 3.05) is 0 Å². The molecule has 0 aliphatic heterocycles. The predicted molar refractivity (Wildman–Crippen MR) is 48.0 cm³/mol. The van der Waals surface area contributed by atoms with Crippen LogP contribution in [0, 0.1) is 0 Å². The van der Waals surface area contributed by atoms with Gasteiger partial charge in [-0.2, -0.15) is 0 Å². The van der Waals surface area contributed by atoms with Gasteiger partial charge in [0.05, 0.1) is 0 Å². The van der Waals surface area contributed by atoms with Gasteiger partial charge in [0.25, 0.3) is 12.2 Å². The van der Waals surface area contributed by atoms with E-state index in [0.717, 1.165) is 12.2 Å². The molecule has 0 heterocycles. The topological polar surface area (TPSA) is 172 Å². The van der Waals surface area contributed by atoms with Gasteiger partial charge in [-0.25, -0.2) is 19.2 Å². The molecule has 3 N–H and O–H groups in total. The molecule has 0 aromatic carbocycles. The molecule has 11 nitrogen and oxygen atoms in total. The third kappa shape index (κ3) is 20.3. The van der Waals surface area contributed by atoms with Crippen LogP contribution in [0.25, 0.3) is 0 Å². The second-order valence-electron chi connectivity index (χ2n) is 1.47. The van der Waals surface area contributed by atoms with Crippen molar-refractivity contribution in [3.05, 3.63) is 0 Å². The van der Waals surface area contributed by atoms with E-state index in [9.17, 15) is 19.2 Å². The molecule has 13 heteroatoms. The molecule has 88 valence electrons. The molecule has 0 saturated carbocycles. The number of carbonyl (C=O) groups excluding carboxylic acids is 4. The summed E-state index contributed by atoms with van der Waals surface area (Å²) in [5, 5.41) is 26.1. The molecule has 0 aromatic heterocycles. The Hall–Kier alpha value is -1.76. The first-order valence-corrected chi connectivity index (χ1v) is 3.06. The van der Waals surface area contributed by atoms with Gasteiger partial charge in [0.2, 0.25) is 0 Å². The van der Waals surface area contributed by atoms with Crippen LogP contribution in [0.3, 0.4) is 0 Å². The molecule has 0 saturated heterocycles. The summed E-state index contributed by atoms with van der Waals surface area (Å²) >= 11 is 0. The van der Waals surface area contributed by atoms with Gasteiger partial charge in [0.1, 0.15) is 0 Å². The van der Waals surface area contributed by atoms with Crippen molar-refractivity contribution < 1.29 is 43.9 Å². The summed E-state index contributed by atoms with van der Waals surface area (Å²) in [5.41, 5.74) is 0. The number of hydrogen-bond donors (Lipinski definition) is 3. The van der Waals surface area contributed by atoms with Crippen LogP contribution in [-0.4, -0.2) is 65.4 Å². The van der Waals surface area contributed by atoms with Gasteiger partial charge >= 0.3 is 38.1 Å². The Morgan fingerprint density at radius 1 is 0.941 bits per heavy atom. The summed E-state index contributed by atoms with van der Waals surface area (Å²) in [6.07, 6.45) is 1.65. The molecule has 0 aromatic rings. The SMILES string of the molecule is O=C=NOC(=O)C(=O)ON=C=O.OB(O)O.[LiH]. The van der Waals surface area contributed by atoms with Gasteiger partial charge in [-0.1, -0.05) is 0 Å². The monoisotopic (exact) mass is 242 g/mol. The third-order valence-corrected chi connectivity index (χ3v) is 0.498. The Morgan fingerprint density at radius 3 is 1.35 bits per heavy atom. The minimum absolute atomic E-state index is 0. The van der Waals surface area contributed by atoms with Gasteiger partial charge < -0.3 is 15.1 Å². The molecule has 17 heavy (non-hydrogen) atoms. The summed E-state index contributed by atoms with van der Waals surface area (Å²) in [5.74, 6) is -3.20. The quantitative estimate of drug-likeness (QED) is 0.108. The Morgan fingerprint density at radius 2 is 1.18 bits per heavy atom. The molecular formula is C4H4BLiN2O9. The normalized spacial score (nSPS) is 6.53. The van der Waals surface area contributed by atoms with Crippen molar-refractivity contribution in [3.8, 4) is 0 Å². The van der Waals surface area contributed by atoms with Crippen molar-refractivity contribution in [2.45, 2.75) is 0 Å². The minimum atomic E-state index is -2.17. The Balaban J connectivity index is -0.000000340. The number of carbonyl (C=O) groups is 2. The van der Waals surface area contributed by atoms with E-state index in [1.165, 1.54) is 0 Å². The van der Waals surface area contributed by atoms with E-state index in [2.05, 4.69) is 20.0 Å². The van der Waals surface area contributed by atoms with E-state index < -0.39 is 19.3 Å². The van der Waals surface area contributed by atoms with Crippen LogP contribution in [-0.2, 0) is 28.9 Å². The van der Waals surface area contributed by atoms with Crippen molar-refractivity contribution >= 4 is 50.3 Å². The average Bonchev–Trinajstić information content (AvgIpc) is 2.21. The van der Waals surface area contributed by atoms with Gasteiger partial charge in [-0.05, 0) is 0 Å². The average molecular weight is 242 g/mol. The number of isocyanates is 2. The van der Waals surface area contributed by atoms with Gasteiger partial charge in [-0.15, -0.1) is 0 Å². The van der Waals surface area contributed by atoms with E-state index in [1.54, 1.807) is 0 Å². The van der Waals surface area contributed by atoms with Gasteiger partial charge in [-0.3, -0.25) is 9.68 Å². The number of hydrogen-bond acceptors (Lipinski definition) is 11. The molecule has 0 bridgehead atoms. The third-order valence-electron chi connectivity index (χ3n) is 0.498. The summed E-state index contributed by atoms with van der Waals surface area (Å²) in [6.45, 7) is 0. The Kier molecular flexibility index (Phi) is 17.3. The van der Waals surface area contributed by atoms with Crippen LogP contribution in [0.5, 0.6) is 0 Å². The second kappa shape index (κ2) is 14.2. The first-order valence-electron chi connectivity index (χ1n) is 3.06. The maximum absolute atomic E-state index is 10.2. The second-order valence-corrected chi connectivity index (χ2v) is 1.47. The Labute approximate surface area is 105 Å². The summed E-state index contributed by atoms with van der Waals surface area (Å²) in [6, 6.07) is 0. The molecule has 0 aliphatic carbocycles. The van der Waals surface area contributed by atoms with Crippen molar-refractivity contribution in [1.82, 2.24) is 0 Å². The molecule has 0 fully saturated rings. The Bertz CT molecular complexity index is 301. The van der Waals surface area contributed by atoms with E-state index in [4.69, 9.17) is 15.1 Å². The molecule has 0 atom stereocenters. The fourth-order valence-corrected chi connectivity index (χ4v) is 0.195. The zero-order chi connectivity index (χ0) is 13.0. The molecule has 0 amide bonds. The summed E-state index contributed by atoms with van der Waals surface area (Å²) in [7, 11) is -2.17. The van der Waals surface area contributed by atoms with Crippen molar-refractivity contribution in [2.24, 2.45) is 10.3 Å². The zero-order valence-electron chi connectivity index (χ0n) is 7.26. The summed E-state index contributed by atoms with van der Waals surface area (Å²) < 4.78 is 0. The van der Waals surface area contributed by atoms with E-state index in [1.807, 2.05) is 0 Å². The molecule has 0 radical (unpaired) electrons. The molecule has 0 aliphatic rings. The van der Waals surface area contributed by atoms with E-state index in [0.29, 0.717) is 0 Å². The van der Waals surface area contributed by atoms with Gasteiger partial charge in [0, 0.05) is 10.3 Å². The first kappa shape index (κ1) is 20.6.